The van der Waals surface area contributed by atoms with Gasteiger partial charge in [-0.3, -0.25) is 4.99 Å². The molecular weight excluding hydrogens is 372 g/mol. The van der Waals surface area contributed by atoms with Gasteiger partial charge in [-0.2, -0.15) is 0 Å². The smallest absolute Gasteiger partial charge is 0.213 e. The van der Waals surface area contributed by atoms with Crippen LogP contribution in [0.2, 0.25) is 0 Å². The van der Waals surface area contributed by atoms with Gasteiger partial charge in [-0.1, -0.05) is 0 Å². The molecule has 2 unspecified atom stereocenters. The minimum Gasteiger partial charge on any atom is -0.396 e. The van der Waals surface area contributed by atoms with Gasteiger partial charge in [0.05, 0.1) is 18.5 Å². The molecule has 2 heterocycles. The summed E-state index contributed by atoms with van der Waals surface area (Å²) in [6.45, 7) is 3.34. The van der Waals surface area contributed by atoms with Crippen LogP contribution >= 0.6 is 0 Å². The zero-order valence-corrected chi connectivity index (χ0v) is 17.0. The summed E-state index contributed by atoms with van der Waals surface area (Å²) in [5, 5.41) is 15.5. The molecule has 158 valence electrons. The van der Waals surface area contributed by atoms with Crippen LogP contribution in [0.4, 0.5) is 0 Å². The predicted molar refractivity (Wildman–Crippen MR) is 104 cm³/mol. The van der Waals surface area contributed by atoms with Crippen molar-refractivity contribution in [2.24, 2.45) is 10.4 Å². The van der Waals surface area contributed by atoms with E-state index in [0.29, 0.717) is 45.3 Å². The number of ether oxygens (including phenoxy) is 2. The van der Waals surface area contributed by atoms with Gasteiger partial charge in [0, 0.05) is 51.9 Å². The molecule has 10 heteroatoms. The highest BCUT2D eigenvalue weighted by Gasteiger charge is 2.34. The van der Waals surface area contributed by atoms with Gasteiger partial charge >= 0.3 is 0 Å². The molecular formula is C17H34N4O5S. The van der Waals surface area contributed by atoms with Gasteiger partial charge in [0.2, 0.25) is 10.0 Å². The molecule has 0 saturated carbocycles. The van der Waals surface area contributed by atoms with Crippen molar-refractivity contribution in [2.45, 2.75) is 38.2 Å². The summed E-state index contributed by atoms with van der Waals surface area (Å²) in [5.41, 5.74) is -0.0972. The first-order chi connectivity index (χ1) is 13.0. The molecule has 2 aliphatic rings. The average molecular weight is 407 g/mol. The topological polar surface area (TPSA) is 121 Å². The molecule has 0 aromatic carbocycles. The molecule has 2 aliphatic heterocycles. The van der Waals surface area contributed by atoms with Crippen LogP contribution in [0.5, 0.6) is 0 Å². The van der Waals surface area contributed by atoms with Crippen molar-refractivity contribution in [3.8, 4) is 0 Å². The SMILES string of the molecule is CN=C(NCCS(=O)(=O)NCC1CCCCO1)NCC1(CCO)CCOC1. The molecule has 0 aromatic heterocycles. The summed E-state index contributed by atoms with van der Waals surface area (Å²) in [4.78, 5) is 4.14. The van der Waals surface area contributed by atoms with Crippen molar-refractivity contribution in [3.05, 3.63) is 0 Å². The van der Waals surface area contributed by atoms with E-state index in [4.69, 9.17) is 9.47 Å². The lowest BCUT2D eigenvalue weighted by Gasteiger charge is -2.27. The highest BCUT2D eigenvalue weighted by atomic mass is 32.2. The molecule has 0 bridgehead atoms. The van der Waals surface area contributed by atoms with Crippen molar-refractivity contribution >= 4 is 16.0 Å². The molecule has 27 heavy (non-hydrogen) atoms. The third-order valence-corrected chi connectivity index (χ3v) is 6.50. The molecule has 0 aliphatic carbocycles. The van der Waals surface area contributed by atoms with E-state index in [1.54, 1.807) is 7.05 Å². The van der Waals surface area contributed by atoms with Gasteiger partial charge in [-0.15, -0.1) is 0 Å². The predicted octanol–water partition coefficient (Wildman–Crippen LogP) is -0.571. The lowest BCUT2D eigenvalue weighted by atomic mass is 9.84. The zero-order valence-electron chi connectivity index (χ0n) is 16.2. The first-order valence-electron chi connectivity index (χ1n) is 9.71. The first kappa shape index (κ1) is 22.4. The summed E-state index contributed by atoms with van der Waals surface area (Å²) in [7, 11) is -1.72. The summed E-state index contributed by atoms with van der Waals surface area (Å²) < 4.78 is 37.9. The van der Waals surface area contributed by atoms with Crippen LogP contribution < -0.4 is 15.4 Å². The normalized spacial score (nSPS) is 26.9. The molecule has 9 nitrogen and oxygen atoms in total. The largest absolute Gasteiger partial charge is 0.396 e. The number of aliphatic imine (C=N–C) groups is 1. The minimum atomic E-state index is -3.36. The fraction of sp³-hybridized carbons (Fsp3) is 0.941. The Morgan fingerprint density at radius 3 is 2.78 bits per heavy atom. The molecule has 0 radical (unpaired) electrons. The Morgan fingerprint density at radius 2 is 2.15 bits per heavy atom. The van der Waals surface area contributed by atoms with Gasteiger partial charge in [0.1, 0.15) is 0 Å². The summed E-state index contributed by atoms with van der Waals surface area (Å²) in [6, 6.07) is 0. The van der Waals surface area contributed by atoms with E-state index in [-0.39, 0.29) is 30.4 Å². The van der Waals surface area contributed by atoms with Crippen LogP contribution in [-0.2, 0) is 19.5 Å². The van der Waals surface area contributed by atoms with E-state index < -0.39 is 10.0 Å². The number of aliphatic hydroxyl groups excluding tert-OH is 1. The maximum absolute atomic E-state index is 12.1. The van der Waals surface area contributed by atoms with Crippen LogP contribution in [-0.4, -0.2) is 84.5 Å². The lowest BCUT2D eigenvalue weighted by molar-refractivity contribution is 0.0200. The summed E-state index contributed by atoms with van der Waals surface area (Å²) in [6.07, 6.45) is 4.56. The number of nitrogens with zero attached hydrogens (tertiary/aromatic N) is 1. The van der Waals surface area contributed by atoms with Crippen molar-refractivity contribution < 1.29 is 23.0 Å². The monoisotopic (exact) mass is 406 g/mol. The number of rotatable bonds is 10. The van der Waals surface area contributed by atoms with Crippen molar-refractivity contribution in [3.63, 3.8) is 0 Å². The summed E-state index contributed by atoms with van der Waals surface area (Å²) >= 11 is 0. The number of hydrogen-bond acceptors (Lipinski definition) is 6. The Bertz CT molecular complexity index is 558. The molecule has 0 aromatic rings. The molecule has 0 spiro atoms. The van der Waals surface area contributed by atoms with E-state index in [1.165, 1.54) is 0 Å². The second kappa shape index (κ2) is 11.2. The molecule has 2 saturated heterocycles. The van der Waals surface area contributed by atoms with Gasteiger partial charge in [-0.25, -0.2) is 13.1 Å². The fourth-order valence-electron chi connectivity index (χ4n) is 3.37. The van der Waals surface area contributed by atoms with Crippen molar-refractivity contribution in [1.82, 2.24) is 15.4 Å². The van der Waals surface area contributed by atoms with E-state index in [1.807, 2.05) is 0 Å². The average Bonchev–Trinajstić information content (AvgIpc) is 3.13. The Labute approximate surface area is 162 Å². The second-order valence-corrected chi connectivity index (χ2v) is 9.21. The van der Waals surface area contributed by atoms with Crippen LogP contribution in [0.1, 0.15) is 32.1 Å². The number of nitrogens with one attached hydrogen (secondary N) is 3. The third kappa shape index (κ3) is 7.90. The first-order valence-corrected chi connectivity index (χ1v) is 11.4. The Balaban J connectivity index is 1.68. The van der Waals surface area contributed by atoms with Crippen LogP contribution in [0.3, 0.4) is 0 Å². The molecule has 2 fully saturated rings. The molecule has 2 rings (SSSR count). The second-order valence-electron chi connectivity index (χ2n) is 7.28. The quantitative estimate of drug-likeness (QED) is 0.283. The molecule has 4 N–H and O–H groups in total. The maximum atomic E-state index is 12.1. The maximum Gasteiger partial charge on any atom is 0.213 e. The fourth-order valence-corrected chi connectivity index (χ4v) is 4.32. The highest BCUT2D eigenvalue weighted by molar-refractivity contribution is 7.89. The van der Waals surface area contributed by atoms with Gasteiger partial charge in [-0.05, 0) is 32.1 Å². The minimum absolute atomic E-state index is 0.0211. The van der Waals surface area contributed by atoms with Crippen LogP contribution in [0.25, 0.3) is 0 Å². The summed E-state index contributed by atoms with van der Waals surface area (Å²) in [5.74, 6) is 0.510. The number of aliphatic hydroxyl groups is 1. The Kier molecular flexibility index (Phi) is 9.24. The Hall–Kier alpha value is -0.940. The number of sulfonamides is 1. The van der Waals surface area contributed by atoms with E-state index in [0.717, 1.165) is 25.7 Å². The highest BCUT2D eigenvalue weighted by Crippen LogP contribution is 2.31. The molecule has 2 atom stereocenters. The zero-order chi connectivity index (χ0) is 19.6. The van der Waals surface area contributed by atoms with Crippen molar-refractivity contribution in [1.29, 1.82) is 0 Å². The third-order valence-electron chi connectivity index (χ3n) is 5.15. The number of hydrogen-bond donors (Lipinski definition) is 4. The molecule has 0 amide bonds. The van der Waals surface area contributed by atoms with E-state index in [2.05, 4.69) is 20.3 Å². The van der Waals surface area contributed by atoms with E-state index >= 15 is 0 Å². The van der Waals surface area contributed by atoms with Gasteiger partial charge in [0.15, 0.2) is 5.96 Å². The van der Waals surface area contributed by atoms with Gasteiger partial charge in [0.25, 0.3) is 0 Å². The van der Waals surface area contributed by atoms with Crippen molar-refractivity contribution in [2.75, 3.05) is 58.9 Å². The van der Waals surface area contributed by atoms with Gasteiger partial charge < -0.3 is 25.2 Å². The number of guanidine groups is 1. The standard InChI is InChI=1S/C17H34N4O5S/c1-18-16(20-13-17(5-8-22)6-10-25-14-17)19-7-11-27(23,24)21-12-15-4-2-3-9-26-15/h15,21-22H,2-14H2,1H3,(H2,18,19,20). The van der Waals surface area contributed by atoms with Crippen LogP contribution in [0.15, 0.2) is 4.99 Å². The Morgan fingerprint density at radius 1 is 1.30 bits per heavy atom. The van der Waals surface area contributed by atoms with E-state index in [9.17, 15) is 13.5 Å². The van der Waals surface area contributed by atoms with Crippen LogP contribution in [0, 0.1) is 5.41 Å². The lowest BCUT2D eigenvalue weighted by Crippen LogP contribution is -2.46.